The molecule has 0 aromatic heterocycles. The zero-order valence-electron chi connectivity index (χ0n) is 12.0. The summed E-state index contributed by atoms with van der Waals surface area (Å²) in [5.74, 6) is -1.70. The molecular formula is C13H18N2O5S. The van der Waals surface area contributed by atoms with Crippen molar-refractivity contribution < 1.29 is 23.1 Å². The number of hydrogen-bond acceptors (Lipinski definition) is 4. The Morgan fingerprint density at radius 2 is 1.95 bits per heavy atom. The van der Waals surface area contributed by atoms with Crippen LogP contribution in [-0.4, -0.2) is 49.9 Å². The highest BCUT2D eigenvalue weighted by atomic mass is 32.2. The molecule has 0 aliphatic heterocycles. The third-order valence-corrected chi connectivity index (χ3v) is 4.16. The first-order valence-corrected chi connectivity index (χ1v) is 7.71. The van der Waals surface area contributed by atoms with Gasteiger partial charge in [0, 0.05) is 18.7 Å². The summed E-state index contributed by atoms with van der Waals surface area (Å²) in [6, 6.07) is 5.21. The number of hydrogen-bond donors (Lipinski definition) is 2. The maximum atomic E-state index is 12.0. The minimum Gasteiger partial charge on any atom is -0.480 e. The molecule has 116 valence electrons. The molecule has 0 aliphatic rings. The number of likely N-dealkylation sites (N-methyl/N-ethyl adjacent to an activating group) is 1. The summed E-state index contributed by atoms with van der Waals surface area (Å²) in [5.41, 5.74) is 0.116. The van der Waals surface area contributed by atoms with Crippen LogP contribution in [0.4, 0.5) is 0 Å². The van der Waals surface area contributed by atoms with Gasteiger partial charge in [0.25, 0.3) is 5.91 Å². The van der Waals surface area contributed by atoms with Crippen LogP contribution in [0.3, 0.4) is 0 Å². The van der Waals surface area contributed by atoms with Gasteiger partial charge in [0.05, 0.1) is 4.90 Å². The van der Waals surface area contributed by atoms with Crippen LogP contribution in [-0.2, 0) is 14.8 Å². The van der Waals surface area contributed by atoms with Crippen molar-refractivity contribution in [2.75, 3.05) is 13.6 Å². The number of rotatable bonds is 6. The first-order chi connectivity index (χ1) is 9.63. The Kier molecular flexibility index (Phi) is 5.45. The molecule has 0 saturated carbocycles. The Labute approximate surface area is 123 Å². The number of carbonyl (C=O) groups excluding carboxylic acids is 1. The summed E-state index contributed by atoms with van der Waals surface area (Å²) in [6.07, 6.45) is 0. The Morgan fingerprint density at radius 3 is 2.48 bits per heavy atom. The Balaban J connectivity index is 3.06. The van der Waals surface area contributed by atoms with E-state index >= 15 is 0 Å². The molecule has 0 fully saturated rings. The highest BCUT2D eigenvalue weighted by Crippen LogP contribution is 2.13. The van der Waals surface area contributed by atoms with Crippen LogP contribution in [0.15, 0.2) is 29.2 Å². The zero-order chi connectivity index (χ0) is 16.2. The third-order valence-electron chi connectivity index (χ3n) is 2.50. The molecule has 8 heteroatoms. The molecule has 0 saturated heterocycles. The highest BCUT2D eigenvalue weighted by Gasteiger charge is 2.19. The van der Waals surface area contributed by atoms with Crippen LogP contribution in [0.2, 0.25) is 0 Å². The van der Waals surface area contributed by atoms with E-state index in [2.05, 4.69) is 4.72 Å². The molecule has 21 heavy (non-hydrogen) atoms. The Hall–Kier alpha value is -1.93. The molecule has 0 aliphatic carbocycles. The zero-order valence-corrected chi connectivity index (χ0v) is 12.8. The lowest BCUT2D eigenvalue weighted by Gasteiger charge is -2.15. The Bertz CT molecular complexity index is 640. The molecule has 0 heterocycles. The van der Waals surface area contributed by atoms with Gasteiger partial charge in [-0.15, -0.1) is 0 Å². The van der Waals surface area contributed by atoms with Crippen LogP contribution in [0.5, 0.6) is 0 Å². The van der Waals surface area contributed by atoms with Gasteiger partial charge in [-0.3, -0.25) is 9.59 Å². The molecule has 0 spiro atoms. The monoisotopic (exact) mass is 314 g/mol. The first-order valence-electron chi connectivity index (χ1n) is 6.23. The largest absolute Gasteiger partial charge is 0.480 e. The lowest BCUT2D eigenvalue weighted by molar-refractivity contribution is -0.137. The van der Waals surface area contributed by atoms with Gasteiger partial charge in [-0.05, 0) is 32.0 Å². The van der Waals surface area contributed by atoms with E-state index in [1.165, 1.54) is 31.3 Å². The van der Waals surface area contributed by atoms with E-state index in [-0.39, 0.29) is 16.5 Å². The molecule has 2 N–H and O–H groups in total. The number of carboxylic acid groups (broad SMARTS) is 1. The van der Waals surface area contributed by atoms with E-state index in [0.29, 0.717) is 0 Å². The van der Waals surface area contributed by atoms with E-state index in [0.717, 1.165) is 4.90 Å². The summed E-state index contributed by atoms with van der Waals surface area (Å²) >= 11 is 0. The van der Waals surface area contributed by atoms with Gasteiger partial charge in [0.1, 0.15) is 6.54 Å². The number of nitrogens with zero attached hydrogens (tertiary/aromatic N) is 1. The number of aliphatic carboxylic acids is 1. The van der Waals surface area contributed by atoms with Gasteiger partial charge < -0.3 is 10.0 Å². The lowest BCUT2D eigenvalue weighted by Crippen LogP contribution is -2.33. The van der Waals surface area contributed by atoms with Crippen molar-refractivity contribution in [3.63, 3.8) is 0 Å². The fourth-order valence-electron chi connectivity index (χ4n) is 1.67. The minimum atomic E-state index is -3.70. The van der Waals surface area contributed by atoms with Crippen LogP contribution >= 0.6 is 0 Å². The minimum absolute atomic E-state index is 0.0363. The van der Waals surface area contributed by atoms with Gasteiger partial charge in [-0.1, -0.05) is 6.07 Å². The van der Waals surface area contributed by atoms with E-state index < -0.39 is 28.4 Å². The molecule has 0 radical (unpaired) electrons. The van der Waals surface area contributed by atoms with Gasteiger partial charge in [0.2, 0.25) is 10.0 Å². The molecule has 0 bridgehead atoms. The number of carboxylic acids is 1. The van der Waals surface area contributed by atoms with Gasteiger partial charge in [-0.25, -0.2) is 13.1 Å². The molecule has 0 unspecified atom stereocenters. The van der Waals surface area contributed by atoms with Crippen molar-refractivity contribution in [2.45, 2.75) is 24.8 Å². The molecule has 7 nitrogen and oxygen atoms in total. The van der Waals surface area contributed by atoms with Gasteiger partial charge in [0.15, 0.2) is 0 Å². The fraction of sp³-hybridized carbons (Fsp3) is 0.385. The normalized spacial score (nSPS) is 11.4. The van der Waals surface area contributed by atoms with Crippen LogP contribution in [0, 0.1) is 0 Å². The second kappa shape index (κ2) is 6.68. The van der Waals surface area contributed by atoms with Crippen LogP contribution < -0.4 is 4.72 Å². The predicted molar refractivity (Wildman–Crippen MR) is 76.5 cm³/mol. The first kappa shape index (κ1) is 17.1. The molecule has 1 rings (SSSR count). The maximum Gasteiger partial charge on any atom is 0.323 e. The molecule has 1 aromatic carbocycles. The number of sulfonamides is 1. The number of nitrogens with one attached hydrogen (secondary N) is 1. The van der Waals surface area contributed by atoms with E-state index in [1.807, 2.05) is 0 Å². The summed E-state index contributed by atoms with van der Waals surface area (Å²) in [4.78, 5) is 23.6. The number of amides is 1. The maximum absolute atomic E-state index is 12.0. The molecular weight excluding hydrogens is 296 g/mol. The smallest absolute Gasteiger partial charge is 0.323 e. The van der Waals surface area contributed by atoms with Crippen molar-refractivity contribution in [1.29, 1.82) is 0 Å². The van der Waals surface area contributed by atoms with Crippen molar-refractivity contribution in [2.24, 2.45) is 0 Å². The number of carbonyl (C=O) groups is 2. The molecule has 1 amide bonds. The van der Waals surface area contributed by atoms with Crippen LogP contribution in [0.25, 0.3) is 0 Å². The second-order valence-electron chi connectivity index (χ2n) is 4.86. The second-order valence-corrected chi connectivity index (χ2v) is 6.57. The summed E-state index contributed by atoms with van der Waals surface area (Å²) in [5, 5.41) is 8.66. The SMILES string of the molecule is CC(C)NS(=O)(=O)c1cccc(C(=O)N(C)CC(=O)O)c1. The van der Waals surface area contributed by atoms with Gasteiger partial charge >= 0.3 is 5.97 Å². The van der Waals surface area contributed by atoms with Crippen LogP contribution in [0.1, 0.15) is 24.2 Å². The van der Waals surface area contributed by atoms with Crippen molar-refractivity contribution in [3.05, 3.63) is 29.8 Å². The molecule has 0 atom stereocenters. The molecule has 1 aromatic rings. The summed E-state index contributed by atoms with van der Waals surface area (Å²) in [6.45, 7) is 2.92. The van der Waals surface area contributed by atoms with Crippen molar-refractivity contribution >= 4 is 21.9 Å². The standard InChI is InChI=1S/C13H18N2O5S/c1-9(2)14-21(19,20)11-6-4-5-10(7-11)13(18)15(3)8-12(16)17/h4-7,9,14H,8H2,1-3H3,(H,16,17). The van der Waals surface area contributed by atoms with Crippen molar-refractivity contribution in [1.82, 2.24) is 9.62 Å². The summed E-state index contributed by atoms with van der Waals surface area (Å²) < 4.78 is 26.5. The lowest BCUT2D eigenvalue weighted by atomic mass is 10.2. The topological polar surface area (TPSA) is 104 Å². The quantitative estimate of drug-likeness (QED) is 0.797. The van der Waals surface area contributed by atoms with Crippen molar-refractivity contribution in [3.8, 4) is 0 Å². The van der Waals surface area contributed by atoms with E-state index in [9.17, 15) is 18.0 Å². The highest BCUT2D eigenvalue weighted by molar-refractivity contribution is 7.89. The predicted octanol–water partition coefficient (Wildman–Crippen LogP) is 0.530. The van der Waals surface area contributed by atoms with E-state index in [4.69, 9.17) is 5.11 Å². The number of benzene rings is 1. The average Bonchev–Trinajstić information content (AvgIpc) is 2.35. The average molecular weight is 314 g/mol. The summed E-state index contributed by atoms with van der Waals surface area (Å²) in [7, 11) is -2.36. The van der Waals surface area contributed by atoms with E-state index in [1.54, 1.807) is 13.8 Å². The third kappa shape index (κ3) is 4.83. The van der Waals surface area contributed by atoms with Gasteiger partial charge in [-0.2, -0.15) is 0 Å². The fourth-order valence-corrected chi connectivity index (χ4v) is 2.97. The Morgan fingerprint density at radius 1 is 1.33 bits per heavy atom.